The summed E-state index contributed by atoms with van der Waals surface area (Å²) in [6.07, 6.45) is 3.45. The molecule has 1 N–H and O–H groups in total. The third kappa shape index (κ3) is 2.72. The minimum atomic E-state index is 0.822. The van der Waals surface area contributed by atoms with Crippen LogP contribution in [0, 0.1) is 11.3 Å². The number of aromatic nitrogens is 1. The van der Waals surface area contributed by atoms with Crippen molar-refractivity contribution >= 4 is 11.6 Å². The first-order valence-electron chi connectivity index (χ1n) is 9.13. The number of nitrogens with one attached hydrogen (secondary N) is 1. The minimum Gasteiger partial charge on any atom is -0.356 e. The van der Waals surface area contributed by atoms with Gasteiger partial charge in [0.05, 0.1) is 5.56 Å². The van der Waals surface area contributed by atoms with Crippen LogP contribution in [0.15, 0.2) is 0 Å². The summed E-state index contributed by atoms with van der Waals surface area (Å²) in [6.45, 7) is 7.90. The molecule has 0 saturated carbocycles. The molecule has 4 heterocycles. The molecule has 4 rings (SSSR count). The van der Waals surface area contributed by atoms with Gasteiger partial charge in [0.2, 0.25) is 0 Å². The lowest BCUT2D eigenvalue weighted by molar-refractivity contribution is 0.312. The van der Waals surface area contributed by atoms with E-state index in [4.69, 9.17) is 4.98 Å². The molecule has 3 aliphatic rings. The Morgan fingerprint density at radius 3 is 2.38 bits per heavy atom. The number of hydrogen-bond acceptors (Lipinski definition) is 6. The first-order valence-corrected chi connectivity index (χ1v) is 9.13. The third-order valence-corrected chi connectivity index (χ3v) is 5.48. The Hall–Kier alpha value is -1.84. The summed E-state index contributed by atoms with van der Waals surface area (Å²) in [5.41, 5.74) is 3.37. The topological polar surface area (TPSA) is 58.4 Å². The number of nitrogens with zero attached hydrogens (tertiary/aromatic N) is 5. The zero-order chi connectivity index (χ0) is 16.5. The lowest BCUT2D eigenvalue weighted by atomic mass is 9.95. The molecule has 0 aromatic carbocycles. The average Bonchev–Trinajstić information content (AvgIpc) is 3.15. The Balaban J connectivity index is 1.84. The van der Waals surface area contributed by atoms with Crippen molar-refractivity contribution in [2.75, 3.05) is 62.7 Å². The number of fused-ring (bicyclic) bond motifs is 1. The van der Waals surface area contributed by atoms with E-state index in [0.29, 0.717) is 0 Å². The van der Waals surface area contributed by atoms with E-state index in [2.05, 4.69) is 33.1 Å². The molecule has 0 bridgehead atoms. The number of rotatable bonds is 2. The van der Waals surface area contributed by atoms with Crippen molar-refractivity contribution in [3.63, 3.8) is 0 Å². The highest BCUT2D eigenvalue weighted by molar-refractivity contribution is 5.68. The fourth-order valence-corrected chi connectivity index (χ4v) is 4.15. The molecule has 2 fully saturated rings. The molecule has 128 valence electrons. The molecular weight excluding hydrogens is 300 g/mol. The molecule has 0 spiro atoms. The van der Waals surface area contributed by atoms with Crippen LogP contribution >= 0.6 is 0 Å². The van der Waals surface area contributed by atoms with Gasteiger partial charge in [-0.3, -0.25) is 0 Å². The van der Waals surface area contributed by atoms with Gasteiger partial charge in [0.25, 0.3) is 0 Å². The van der Waals surface area contributed by atoms with E-state index in [1.807, 2.05) is 0 Å². The van der Waals surface area contributed by atoms with Gasteiger partial charge in [-0.15, -0.1) is 0 Å². The summed E-state index contributed by atoms with van der Waals surface area (Å²) in [5, 5.41) is 13.3. The van der Waals surface area contributed by atoms with E-state index < -0.39 is 0 Å². The lowest BCUT2D eigenvalue weighted by Gasteiger charge is -2.35. The summed E-state index contributed by atoms with van der Waals surface area (Å²) >= 11 is 0. The van der Waals surface area contributed by atoms with Crippen LogP contribution < -0.4 is 15.1 Å². The van der Waals surface area contributed by atoms with Crippen LogP contribution in [0.2, 0.25) is 0 Å². The molecule has 0 aliphatic carbocycles. The molecular formula is C18H26N6. The Morgan fingerprint density at radius 1 is 0.958 bits per heavy atom. The maximum Gasteiger partial charge on any atom is 0.149 e. The normalized spacial score (nSPS) is 21.7. The number of hydrogen-bond donors (Lipinski definition) is 1. The number of likely N-dealkylation sites (N-methyl/N-ethyl adjacent to an activating group) is 1. The molecule has 0 radical (unpaired) electrons. The van der Waals surface area contributed by atoms with Crippen molar-refractivity contribution in [2.45, 2.75) is 25.8 Å². The summed E-state index contributed by atoms with van der Waals surface area (Å²) in [5.74, 6) is 2.06. The highest BCUT2D eigenvalue weighted by Crippen LogP contribution is 2.36. The van der Waals surface area contributed by atoms with Gasteiger partial charge < -0.3 is 20.0 Å². The van der Waals surface area contributed by atoms with Crippen molar-refractivity contribution in [3.05, 3.63) is 16.7 Å². The molecule has 0 unspecified atom stereocenters. The number of nitriles is 1. The molecule has 6 nitrogen and oxygen atoms in total. The molecule has 0 amide bonds. The number of anilines is 2. The van der Waals surface area contributed by atoms with Gasteiger partial charge in [-0.1, -0.05) is 0 Å². The summed E-state index contributed by atoms with van der Waals surface area (Å²) < 4.78 is 0. The largest absolute Gasteiger partial charge is 0.356 e. The second-order valence-electron chi connectivity index (χ2n) is 7.12. The average molecular weight is 326 g/mol. The van der Waals surface area contributed by atoms with Crippen LogP contribution in [0.1, 0.15) is 29.5 Å². The van der Waals surface area contributed by atoms with E-state index in [0.717, 1.165) is 76.0 Å². The van der Waals surface area contributed by atoms with Crippen LogP contribution in [-0.4, -0.2) is 62.7 Å². The zero-order valence-corrected chi connectivity index (χ0v) is 14.5. The fourth-order valence-electron chi connectivity index (χ4n) is 4.15. The maximum absolute atomic E-state index is 9.87. The second kappa shape index (κ2) is 6.58. The Kier molecular flexibility index (Phi) is 4.30. The number of pyridine rings is 1. The summed E-state index contributed by atoms with van der Waals surface area (Å²) in [7, 11) is 2.16. The Bertz CT molecular complexity index is 652. The predicted molar refractivity (Wildman–Crippen MR) is 95.5 cm³/mol. The Labute approximate surface area is 144 Å². The van der Waals surface area contributed by atoms with Crippen molar-refractivity contribution in [1.82, 2.24) is 15.2 Å². The maximum atomic E-state index is 9.87. The first-order chi connectivity index (χ1) is 11.8. The van der Waals surface area contributed by atoms with E-state index in [1.54, 1.807) is 0 Å². The van der Waals surface area contributed by atoms with Gasteiger partial charge >= 0.3 is 0 Å². The van der Waals surface area contributed by atoms with Crippen molar-refractivity contribution < 1.29 is 0 Å². The van der Waals surface area contributed by atoms with Crippen molar-refractivity contribution in [3.8, 4) is 6.07 Å². The minimum absolute atomic E-state index is 0.822. The molecule has 1 aromatic heterocycles. The fraction of sp³-hybridized carbons (Fsp3) is 0.667. The van der Waals surface area contributed by atoms with E-state index >= 15 is 0 Å². The van der Waals surface area contributed by atoms with Gasteiger partial charge in [-0.25, -0.2) is 4.98 Å². The predicted octanol–water partition coefficient (Wildman–Crippen LogP) is 0.951. The van der Waals surface area contributed by atoms with E-state index in [-0.39, 0.29) is 0 Å². The van der Waals surface area contributed by atoms with Crippen LogP contribution in [-0.2, 0) is 13.0 Å². The van der Waals surface area contributed by atoms with Crippen LogP contribution in [0.3, 0.4) is 0 Å². The van der Waals surface area contributed by atoms with E-state index in [9.17, 15) is 5.26 Å². The lowest BCUT2D eigenvalue weighted by Crippen LogP contribution is -2.44. The number of piperazine rings is 1. The van der Waals surface area contributed by atoms with Crippen LogP contribution in [0.25, 0.3) is 0 Å². The summed E-state index contributed by atoms with van der Waals surface area (Å²) in [6, 6.07) is 2.49. The molecule has 2 saturated heterocycles. The quantitative estimate of drug-likeness (QED) is 0.873. The second-order valence-corrected chi connectivity index (χ2v) is 7.12. The smallest absolute Gasteiger partial charge is 0.149 e. The zero-order valence-electron chi connectivity index (χ0n) is 14.5. The van der Waals surface area contributed by atoms with Gasteiger partial charge in [-0.05, 0) is 31.9 Å². The molecule has 24 heavy (non-hydrogen) atoms. The first kappa shape index (κ1) is 15.7. The molecule has 0 atom stereocenters. The summed E-state index contributed by atoms with van der Waals surface area (Å²) in [4.78, 5) is 12.1. The van der Waals surface area contributed by atoms with Crippen molar-refractivity contribution in [1.29, 1.82) is 5.26 Å². The highest BCUT2D eigenvalue weighted by Gasteiger charge is 2.29. The van der Waals surface area contributed by atoms with Crippen molar-refractivity contribution in [2.24, 2.45) is 0 Å². The molecule has 1 aromatic rings. The SMILES string of the molecule is CN1CCc2c(C#N)c(N3CCNCC3)nc(N3CCCC3)c2C1. The van der Waals surface area contributed by atoms with Gasteiger partial charge in [-0.2, -0.15) is 5.26 Å². The monoisotopic (exact) mass is 326 g/mol. The van der Waals surface area contributed by atoms with Crippen LogP contribution in [0.5, 0.6) is 0 Å². The van der Waals surface area contributed by atoms with Crippen LogP contribution in [0.4, 0.5) is 11.6 Å². The molecule has 3 aliphatic heterocycles. The van der Waals surface area contributed by atoms with E-state index in [1.165, 1.54) is 24.0 Å². The van der Waals surface area contributed by atoms with Gasteiger partial charge in [0.1, 0.15) is 17.7 Å². The van der Waals surface area contributed by atoms with Gasteiger partial charge in [0, 0.05) is 57.9 Å². The van der Waals surface area contributed by atoms with Gasteiger partial charge in [0.15, 0.2) is 0 Å². The third-order valence-electron chi connectivity index (χ3n) is 5.48. The molecule has 6 heteroatoms. The highest BCUT2D eigenvalue weighted by atomic mass is 15.3. The Morgan fingerprint density at radius 2 is 1.67 bits per heavy atom. The standard InChI is InChI=1S/C18H26N6/c1-22-9-4-14-15(12-19)17(24-10-5-20-6-11-24)21-18(16(14)13-22)23-7-2-3-8-23/h20H,2-11,13H2,1H3.